The van der Waals surface area contributed by atoms with Gasteiger partial charge in [-0.3, -0.25) is 9.69 Å². The summed E-state index contributed by atoms with van der Waals surface area (Å²) in [7, 11) is 1.52. The number of aliphatic hydroxyl groups is 1. The highest BCUT2D eigenvalue weighted by atomic mass is 16.8. The van der Waals surface area contributed by atoms with Crippen LogP contribution in [0, 0.1) is 0 Å². The van der Waals surface area contributed by atoms with E-state index in [0.717, 1.165) is 56.8 Å². The highest BCUT2D eigenvalue weighted by molar-refractivity contribution is 5.74. The first kappa shape index (κ1) is 27.3. The van der Waals surface area contributed by atoms with Crippen LogP contribution in [0.4, 0.5) is 0 Å². The summed E-state index contributed by atoms with van der Waals surface area (Å²) in [5.41, 5.74) is 6.95. The molecule has 1 aliphatic heterocycles. The van der Waals surface area contributed by atoms with Crippen LogP contribution in [0.2, 0.25) is 0 Å². The Morgan fingerprint density at radius 2 is 1.69 bits per heavy atom. The van der Waals surface area contributed by atoms with E-state index in [9.17, 15) is 9.90 Å². The van der Waals surface area contributed by atoms with Gasteiger partial charge in [-0.2, -0.15) is 0 Å². The summed E-state index contributed by atoms with van der Waals surface area (Å²) >= 11 is 0. The van der Waals surface area contributed by atoms with Crippen molar-refractivity contribution in [1.82, 2.24) is 10.4 Å². The van der Waals surface area contributed by atoms with Gasteiger partial charge in [0.1, 0.15) is 0 Å². The molecule has 0 bridgehead atoms. The van der Waals surface area contributed by atoms with Gasteiger partial charge < -0.3 is 14.6 Å². The summed E-state index contributed by atoms with van der Waals surface area (Å²) in [6.45, 7) is 8.23. The second-order valence-electron chi connectivity index (χ2n) is 9.52. The molecule has 0 radical (unpaired) electrons. The van der Waals surface area contributed by atoms with Crippen LogP contribution in [0.25, 0.3) is 11.1 Å². The Morgan fingerprint density at radius 1 is 1.06 bits per heavy atom. The normalized spacial score (nSPS) is 15.7. The summed E-state index contributed by atoms with van der Waals surface area (Å²) in [6.07, 6.45) is 2.87. The molecule has 3 rings (SSSR count). The Hall–Kier alpha value is -2.29. The van der Waals surface area contributed by atoms with Crippen molar-refractivity contribution < 1.29 is 24.2 Å². The van der Waals surface area contributed by atoms with Crippen LogP contribution in [0.3, 0.4) is 0 Å². The zero-order chi connectivity index (χ0) is 25.1. The van der Waals surface area contributed by atoms with Gasteiger partial charge in [0.2, 0.25) is 5.91 Å². The Morgan fingerprint density at radius 3 is 2.31 bits per heavy atom. The average Bonchev–Trinajstić information content (AvgIpc) is 2.89. The third kappa shape index (κ3) is 9.35. The van der Waals surface area contributed by atoms with Crippen molar-refractivity contribution in [2.24, 2.45) is 0 Å². The predicted molar refractivity (Wildman–Crippen MR) is 137 cm³/mol. The summed E-state index contributed by atoms with van der Waals surface area (Å²) < 4.78 is 10.5. The lowest BCUT2D eigenvalue weighted by atomic mass is 9.98. The van der Waals surface area contributed by atoms with E-state index < -0.39 is 11.9 Å². The minimum absolute atomic E-state index is 0.193. The molecule has 0 unspecified atom stereocenters. The molecule has 1 saturated heterocycles. The maximum Gasteiger partial charge on any atom is 0.243 e. The van der Waals surface area contributed by atoms with Gasteiger partial charge in [0.15, 0.2) is 5.79 Å². The molecular weight excluding hydrogens is 444 g/mol. The molecule has 2 aromatic carbocycles. The number of carbonyl (C=O) groups is 1. The first-order valence-corrected chi connectivity index (χ1v) is 12.6. The number of benzene rings is 2. The van der Waals surface area contributed by atoms with Crippen LogP contribution in [-0.4, -0.2) is 61.7 Å². The van der Waals surface area contributed by atoms with Crippen molar-refractivity contribution in [2.45, 2.75) is 57.8 Å². The number of hydrogen-bond donors (Lipinski definition) is 2. The Kier molecular flexibility index (Phi) is 10.7. The number of nitrogens with one attached hydrogen (secondary N) is 1. The van der Waals surface area contributed by atoms with Crippen LogP contribution in [0.15, 0.2) is 48.5 Å². The number of nitrogens with zero attached hydrogens (tertiary/aromatic N) is 1. The third-order valence-corrected chi connectivity index (χ3v) is 6.44. The SMILES string of the molecule is COC(C)(C)ONC(=O)CCCC[C@@H](O)c1ccc(-c2ccc(CCN3CCOCC3)cc2)cc1. The van der Waals surface area contributed by atoms with Crippen LogP contribution in [-0.2, 0) is 25.5 Å². The molecule has 7 nitrogen and oxygen atoms in total. The molecule has 1 heterocycles. The van der Waals surface area contributed by atoms with E-state index in [1.165, 1.54) is 18.2 Å². The molecule has 0 spiro atoms. The Balaban J connectivity index is 1.39. The van der Waals surface area contributed by atoms with Gasteiger partial charge in [0.25, 0.3) is 0 Å². The standard InChI is InChI=1S/C28H40N2O5/c1-28(2,33-3)35-29-27(32)7-5-4-6-26(31)25-14-12-24(13-15-25)23-10-8-22(9-11-23)16-17-30-18-20-34-21-19-30/h8-15,26,31H,4-7,16-21H2,1-3H3,(H,29,32)/t26-/m1/s1. The molecule has 192 valence electrons. The summed E-state index contributed by atoms with van der Waals surface area (Å²) in [5.74, 6) is -1.05. The Bertz CT molecular complexity index is 893. The minimum atomic E-state index is -0.858. The topological polar surface area (TPSA) is 80.3 Å². The molecule has 1 amide bonds. The van der Waals surface area contributed by atoms with Gasteiger partial charge in [-0.15, -0.1) is 0 Å². The van der Waals surface area contributed by atoms with Gasteiger partial charge in [-0.05, 0) is 55.4 Å². The summed E-state index contributed by atoms with van der Waals surface area (Å²) in [4.78, 5) is 19.5. The first-order chi connectivity index (χ1) is 16.9. The molecule has 7 heteroatoms. The van der Waals surface area contributed by atoms with E-state index in [-0.39, 0.29) is 5.91 Å². The maximum atomic E-state index is 11.9. The number of hydrogen-bond acceptors (Lipinski definition) is 6. The van der Waals surface area contributed by atoms with Crippen molar-refractivity contribution in [3.8, 4) is 11.1 Å². The molecule has 0 saturated carbocycles. The maximum absolute atomic E-state index is 11.9. The van der Waals surface area contributed by atoms with Crippen molar-refractivity contribution in [2.75, 3.05) is 40.0 Å². The van der Waals surface area contributed by atoms with Crippen LogP contribution < -0.4 is 5.48 Å². The number of hydroxylamine groups is 1. The Labute approximate surface area is 209 Å². The van der Waals surface area contributed by atoms with Gasteiger partial charge in [-0.1, -0.05) is 55.0 Å². The zero-order valence-corrected chi connectivity index (χ0v) is 21.3. The molecule has 0 aromatic heterocycles. The summed E-state index contributed by atoms with van der Waals surface area (Å²) in [5, 5.41) is 10.5. The van der Waals surface area contributed by atoms with Crippen LogP contribution in [0.5, 0.6) is 0 Å². The van der Waals surface area contributed by atoms with E-state index in [4.69, 9.17) is 14.3 Å². The van der Waals surface area contributed by atoms with E-state index in [1.54, 1.807) is 13.8 Å². The van der Waals surface area contributed by atoms with Gasteiger partial charge in [0, 0.05) is 33.2 Å². The molecule has 2 aromatic rings. The number of carbonyl (C=O) groups excluding carboxylic acids is 1. The monoisotopic (exact) mass is 484 g/mol. The highest BCUT2D eigenvalue weighted by Crippen LogP contribution is 2.25. The lowest BCUT2D eigenvalue weighted by Gasteiger charge is -2.26. The van der Waals surface area contributed by atoms with Gasteiger partial charge >= 0.3 is 0 Å². The molecular formula is C28H40N2O5. The predicted octanol–water partition coefficient (Wildman–Crippen LogP) is 4.25. The lowest BCUT2D eigenvalue weighted by Crippen LogP contribution is -2.37. The number of ether oxygens (including phenoxy) is 2. The van der Waals surface area contributed by atoms with Crippen molar-refractivity contribution in [1.29, 1.82) is 0 Å². The van der Waals surface area contributed by atoms with Crippen molar-refractivity contribution in [3.05, 3.63) is 59.7 Å². The number of methoxy groups -OCH3 is 1. The van der Waals surface area contributed by atoms with E-state index >= 15 is 0 Å². The van der Waals surface area contributed by atoms with Gasteiger partial charge in [-0.25, -0.2) is 10.3 Å². The average molecular weight is 485 g/mol. The van der Waals surface area contributed by atoms with E-state index in [2.05, 4.69) is 46.8 Å². The number of aliphatic hydroxyl groups excluding tert-OH is 1. The second-order valence-corrected chi connectivity index (χ2v) is 9.52. The number of rotatable bonds is 13. The van der Waals surface area contributed by atoms with Gasteiger partial charge in [0.05, 0.1) is 19.3 Å². The fourth-order valence-electron chi connectivity index (χ4n) is 3.94. The molecule has 35 heavy (non-hydrogen) atoms. The van der Waals surface area contributed by atoms with E-state index in [1.807, 2.05) is 12.1 Å². The minimum Gasteiger partial charge on any atom is -0.388 e. The molecule has 1 atom stereocenters. The molecule has 0 aliphatic carbocycles. The van der Waals surface area contributed by atoms with Crippen LogP contribution in [0.1, 0.15) is 56.8 Å². The van der Waals surface area contributed by atoms with Crippen molar-refractivity contribution in [3.63, 3.8) is 0 Å². The number of morpholine rings is 1. The summed E-state index contributed by atoms with van der Waals surface area (Å²) in [6, 6.07) is 16.8. The highest BCUT2D eigenvalue weighted by Gasteiger charge is 2.18. The molecule has 2 N–H and O–H groups in total. The molecule has 1 aliphatic rings. The first-order valence-electron chi connectivity index (χ1n) is 12.6. The third-order valence-electron chi connectivity index (χ3n) is 6.44. The van der Waals surface area contributed by atoms with Crippen molar-refractivity contribution >= 4 is 5.91 Å². The second kappa shape index (κ2) is 13.7. The number of amides is 1. The fourth-order valence-corrected chi connectivity index (χ4v) is 3.94. The quantitative estimate of drug-likeness (QED) is 0.251. The number of unbranched alkanes of at least 4 members (excludes halogenated alkanes) is 1. The smallest absolute Gasteiger partial charge is 0.243 e. The zero-order valence-electron chi connectivity index (χ0n) is 21.3. The lowest BCUT2D eigenvalue weighted by molar-refractivity contribution is -0.231. The molecule has 1 fully saturated rings. The van der Waals surface area contributed by atoms with Crippen LogP contribution >= 0.6 is 0 Å². The largest absolute Gasteiger partial charge is 0.388 e. The van der Waals surface area contributed by atoms with E-state index in [0.29, 0.717) is 19.3 Å². The fraction of sp³-hybridized carbons (Fsp3) is 0.536.